The molecule has 1 fully saturated rings. The summed E-state index contributed by atoms with van der Waals surface area (Å²) in [6.07, 6.45) is -3.70. The average molecular weight is 363 g/mol. The minimum Gasteiger partial charge on any atom is -0.356 e. The second-order valence-electron chi connectivity index (χ2n) is 5.84. The molecule has 0 saturated carbocycles. The number of piperidine rings is 1. The number of likely N-dealkylation sites (tertiary alicyclic amines) is 1. The van der Waals surface area contributed by atoms with Crippen LogP contribution in [-0.4, -0.2) is 42.5 Å². The third-order valence-corrected chi connectivity index (χ3v) is 4.26. The molecule has 0 radical (unpaired) electrons. The molecule has 1 aromatic rings. The highest BCUT2D eigenvalue weighted by atomic mass is 35.5. The van der Waals surface area contributed by atoms with Crippen LogP contribution < -0.4 is 5.32 Å². The monoisotopic (exact) mass is 362 g/mol. The Morgan fingerprint density at radius 1 is 1.17 bits per heavy atom. The normalized spacial score (nSPS) is 16.1. The van der Waals surface area contributed by atoms with E-state index >= 15 is 0 Å². The summed E-state index contributed by atoms with van der Waals surface area (Å²) >= 11 is 5.77. The van der Waals surface area contributed by atoms with Gasteiger partial charge >= 0.3 is 12.1 Å². The molecule has 1 aliphatic rings. The molecule has 4 nitrogen and oxygen atoms in total. The van der Waals surface area contributed by atoms with Crippen molar-refractivity contribution in [3.8, 4) is 0 Å². The molecule has 0 spiro atoms. The van der Waals surface area contributed by atoms with E-state index in [9.17, 15) is 22.8 Å². The summed E-state index contributed by atoms with van der Waals surface area (Å²) in [4.78, 5) is 23.9. The van der Waals surface area contributed by atoms with Crippen LogP contribution in [0, 0.1) is 5.92 Å². The van der Waals surface area contributed by atoms with Crippen molar-refractivity contribution in [2.45, 2.75) is 25.4 Å². The Morgan fingerprint density at radius 3 is 2.29 bits per heavy atom. The zero-order chi connectivity index (χ0) is 17.7. The number of amides is 2. The lowest BCUT2D eigenvalue weighted by molar-refractivity contribution is -0.186. The number of benzene rings is 1. The molecule has 1 aliphatic heterocycles. The Balaban J connectivity index is 1.71. The molecule has 8 heteroatoms. The van der Waals surface area contributed by atoms with Gasteiger partial charge in [-0.05, 0) is 36.5 Å². The van der Waals surface area contributed by atoms with Crippen LogP contribution in [0.1, 0.15) is 18.4 Å². The van der Waals surface area contributed by atoms with Gasteiger partial charge in [-0.25, -0.2) is 0 Å². The SMILES string of the molecule is O=C(Cc1ccc(Cl)cc1)NCC1CCN(C(=O)C(F)(F)F)CC1. The van der Waals surface area contributed by atoms with Gasteiger partial charge in [-0.3, -0.25) is 9.59 Å². The molecule has 1 N–H and O–H groups in total. The van der Waals surface area contributed by atoms with E-state index in [1.807, 2.05) is 0 Å². The number of nitrogens with one attached hydrogen (secondary N) is 1. The highest BCUT2D eigenvalue weighted by molar-refractivity contribution is 6.30. The Bertz CT molecular complexity index is 582. The van der Waals surface area contributed by atoms with Crippen molar-refractivity contribution < 1.29 is 22.8 Å². The van der Waals surface area contributed by atoms with Gasteiger partial charge in [0.2, 0.25) is 5.91 Å². The molecule has 1 heterocycles. The van der Waals surface area contributed by atoms with Crippen molar-refractivity contribution in [1.82, 2.24) is 10.2 Å². The minimum atomic E-state index is -4.82. The molecule has 1 aromatic carbocycles. The summed E-state index contributed by atoms with van der Waals surface area (Å²) in [7, 11) is 0. The third-order valence-electron chi connectivity index (χ3n) is 4.01. The van der Waals surface area contributed by atoms with E-state index in [2.05, 4.69) is 5.32 Å². The summed E-state index contributed by atoms with van der Waals surface area (Å²) in [6, 6.07) is 6.95. The molecule has 24 heavy (non-hydrogen) atoms. The van der Waals surface area contributed by atoms with Gasteiger partial charge in [0.25, 0.3) is 0 Å². The fourth-order valence-electron chi connectivity index (χ4n) is 2.63. The van der Waals surface area contributed by atoms with Gasteiger partial charge < -0.3 is 10.2 Å². The number of hydrogen-bond acceptors (Lipinski definition) is 2. The van der Waals surface area contributed by atoms with Crippen LogP contribution in [0.25, 0.3) is 0 Å². The third kappa shape index (κ3) is 5.40. The van der Waals surface area contributed by atoms with E-state index < -0.39 is 12.1 Å². The molecule has 2 rings (SSSR count). The number of carbonyl (C=O) groups excluding carboxylic acids is 2. The number of rotatable bonds is 4. The van der Waals surface area contributed by atoms with Crippen LogP contribution in [0.15, 0.2) is 24.3 Å². The second kappa shape index (κ2) is 7.88. The lowest BCUT2D eigenvalue weighted by Gasteiger charge is -2.32. The van der Waals surface area contributed by atoms with Gasteiger partial charge in [-0.1, -0.05) is 23.7 Å². The zero-order valence-corrected chi connectivity index (χ0v) is 13.7. The highest BCUT2D eigenvalue weighted by Gasteiger charge is 2.43. The van der Waals surface area contributed by atoms with Gasteiger partial charge in [0.15, 0.2) is 0 Å². The molecule has 0 unspecified atom stereocenters. The molecule has 0 aliphatic carbocycles. The molecule has 132 valence electrons. The molecular formula is C16H18ClF3N2O2. The van der Waals surface area contributed by atoms with E-state index in [1.165, 1.54) is 0 Å². The van der Waals surface area contributed by atoms with Crippen LogP contribution in [0.2, 0.25) is 5.02 Å². The summed E-state index contributed by atoms with van der Waals surface area (Å²) in [6.45, 7) is 0.534. The second-order valence-corrected chi connectivity index (χ2v) is 6.28. The molecule has 1 saturated heterocycles. The van der Waals surface area contributed by atoms with Gasteiger partial charge in [0, 0.05) is 24.7 Å². The lowest BCUT2D eigenvalue weighted by Crippen LogP contribution is -2.46. The van der Waals surface area contributed by atoms with Crippen molar-refractivity contribution >= 4 is 23.4 Å². The molecule has 0 aromatic heterocycles. The van der Waals surface area contributed by atoms with Crippen LogP contribution in [0.3, 0.4) is 0 Å². The van der Waals surface area contributed by atoms with Crippen LogP contribution in [0.5, 0.6) is 0 Å². The quantitative estimate of drug-likeness (QED) is 0.895. The van der Waals surface area contributed by atoms with Crippen LogP contribution in [-0.2, 0) is 16.0 Å². The first-order valence-electron chi connectivity index (χ1n) is 7.63. The number of carbonyl (C=O) groups is 2. The zero-order valence-electron chi connectivity index (χ0n) is 12.9. The summed E-state index contributed by atoms with van der Waals surface area (Å²) in [5.41, 5.74) is 0.836. The average Bonchev–Trinajstić information content (AvgIpc) is 2.54. The number of halogens is 4. The van der Waals surface area contributed by atoms with Crippen molar-refractivity contribution in [3.63, 3.8) is 0 Å². The van der Waals surface area contributed by atoms with Crippen molar-refractivity contribution in [1.29, 1.82) is 0 Å². The van der Waals surface area contributed by atoms with E-state index in [-0.39, 0.29) is 31.3 Å². The molecule has 0 bridgehead atoms. The van der Waals surface area contributed by atoms with Crippen LogP contribution in [0.4, 0.5) is 13.2 Å². The topological polar surface area (TPSA) is 49.4 Å². The summed E-state index contributed by atoms with van der Waals surface area (Å²) < 4.78 is 37.1. The van der Waals surface area contributed by atoms with Gasteiger partial charge in [0.1, 0.15) is 0 Å². The van der Waals surface area contributed by atoms with Gasteiger partial charge in [0.05, 0.1) is 6.42 Å². The van der Waals surface area contributed by atoms with E-state index in [4.69, 9.17) is 11.6 Å². The maximum absolute atomic E-state index is 12.4. The largest absolute Gasteiger partial charge is 0.471 e. The van der Waals surface area contributed by atoms with E-state index in [0.29, 0.717) is 24.4 Å². The lowest BCUT2D eigenvalue weighted by atomic mass is 9.96. The minimum absolute atomic E-state index is 0.0655. The van der Waals surface area contributed by atoms with Crippen molar-refractivity contribution in [2.24, 2.45) is 5.92 Å². The first-order valence-corrected chi connectivity index (χ1v) is 8.00. The van der Waals surface area contributed by atoms with E-state index in [0.717, 1.165) is 10.5 Å². The Labute approximate surface area is 143 Å². The molecular weight excluding hydrogens is 345 g/mol. The summed E-state index contributed by atoms with van der Waals surface area (Å²) in [5, 5.41) is 3.39. The fraction of sp³-hybridized carbons (Fsp3) is 0.500. The number of nitrogens with zero attached hydrogens (tertiary/aromatic N) is 1. The van der Waals surface area contributed by atoms with Gasteiger partial charge in [-0.15, -0.1) is 0 Å². The maximum atomic E-state index is 12.4. The first kappa shape index (κ1) is 18.6. The highest BCUT2D eigenvalue weighted by Crippen LogP contribution is 2.23. The Kier molecular flexibility index (Phi) is 6.10. The molecule has 2 amide bonds. The fourth-order valence-corrected chi connectivity index (χ4v) is 2.75. The Hall–Kier alpha value is -1.76. The number of alkyl halides is 3. The number of hydrogen-bond donors (Lipinski definition) is 1. The predicted octanol–water partition coefficient (Wildman–Crippen LogP) is 2.80. The summed E-state index contributed by atoms with van der Waals surface area (Å²) in [5.74, 6) is -1.85. The van der Waals surface area contributed by atoms with Crippen molar-refractivity contribution in [2.75, 3.05) is 19.6 Å². The smallest absolute Gasteiger partial charge is 0.356 e. The Morgan fingerprint density at radius 2 is 1.75 bits per heavy atom. The predicted molar refractivity (Wildman–Crippen MR) is 83.5 cm³/mol. The standard InChI is InChI=1S/C16H18ClF3N2O2/c17-13-3-1-11(2-4-13)9-14(23)21-10-12-5-7-22(8-6-12)15(24)16(18,19)20/h1-4,12H,5-10H2,(H,21,23). The van der Waals surface area contributed by atoms with Crippen LogP contribution >= 0.6 is 11.6 Å². The van der Waals surface area contributed by atoms with Crippen molar-refractivity contribution in [3.05, 3.63) is 34.9 Å². The molecule has 0 atom stereocenters. The first-order chi connectivity index (χ1) is 11.3. The maximum Gasteiger partial charge on any atom is 0.471 e. The van der Waals surface area contributed by atoms with Gasteiger partial charge in [-0.2, -0.15) is 13.2 Å². The van der Waals surface area contributed by atoms with E-state index in [1.54, 1.807) is 24.3 Å².